The second-order valence-electron chi connectivity index (χ2n) is 5.74. The first-order valence-electron chi connectivity index (χ1n) is 6.47. The maximum absolute atomic E-state index is 11.9. The van der Waals surface area contributed by atoms with Gasteiger partial charge in [0.2, 0.25) is 0 Å². The molecule has 0 saturated heterocycles. The average molecular weight is 284 g/mol. The predicted octanol–water partition coefficient (Wildman–Crippen LogP) is 2.40. The van der Waals surface area contributed by atoms with Gasteiger partial charge in [-0.15, -0.1) is 11.3 Å². The molecule has 5 heteroatoms. The van der Waals surface area contributed by atoms with Crippen LogP contribution in [-0.4, -0.2) is 41.3 Å². The van der Waals surface area contributed by atoms with Gasteiger partial charge in [0.15, 0.2) is 0 Å². The van der Waals surface area contributed by atoms with E-state index in [9.17, 15) is 9.90 Å². The number of urea groups is 1. The summed E-state index contributed by atoms with van der Waals surface area (Å²) in [7, 11) is 1.69. The van der Waals surface area contributed by atoms with Gasteiger partial charge in [-0.1, -0.05) is 0 Å². The first-order valence-corrected chi connectivity index (χ1v) is 7.28. The van der Waals surface area contributed by atoms with Crippen LogP contribution in [0.5, 0.6) is 0 Å². The molecule has 1 unspecified atom stereocenters. The third-order valence-electron chi connectivity index (χ3n) is 2.64. The van der Waals surface area contributed by atoms with Gasteiger partial charge in [-0.2, -0.15) is 0 Å². The lowest BCUT2D eigenvalue weighted by molar-refractivity contribution is 0.0528. The molecule has 0 radical (unpaired) electrons. The predicted molar refractivity (Wildman–Crippen MR) is 79.7 cm³/mol. The molecule has 2 N–H and O–H groups in total. The number of aliphatic hydroxyl groups is 1. The van der Waals surface area contributed by atoms with Gasteiger partial charge in [-0.05, 0) is 39.8 Å². The van der Waals surface area contributed by atoms with Crippen LogP contribution in [0.2, 0.25) is 0 Å². The molecule has 0 fully saturated rings. The molecule has 2 amide bonds. The van der Waals surface area contributed by atoms with E-state index in [-0.39, 0.29) is 12.1 Å². The lowest BCUT2D eigenvalue weighted by atomic mass is 10.1. The number of hydrogen-bond acceptors (Lipinski definition) is 3. The van der Waals surface area contributed by atoms with Crippen LogP contribution in [0.3, 0.4) is 0 Å². The van der Waals surface area contributed by atoms with E-state index >= 15 is 0 Å². The maximum Gasteiger partial charge on any atom is 0.317 e. The Kier molecular flexibility index (Phi) is 5.38. The SMILES string of the molecule is Cc1ccc(CC(C)NC(=O)N(C)CC(C)(C)O)s1. The van der Waals surface area contributed by atoms with E-state index in [0.717, 1.165) is 6.42 Å². The van der Waals surface area contributed by atoms with Crippen LogP contribution in [-0.2, 0) is 6.42 Å². The van der Waals surface area contributed by atoms with Crippen molar-refractivity contribution in [1.29, 1.82) is 0 Å². The fourth-order valence-electron chi connectivity index (χ4n) is 1.92. The second-order valence-corrected chi connectivity index (χ2v) is 7.11. The Morgan fingerprint density at radius 3 is 2.63 bits per heavy atom. The molecule has 0 saturated carbocycles. The van der Waals surface area contributed by atoms with Gasteiger partial charge < -0.3 is 15.3 Å². The van der Waals surface area contributed by atoms with Crippen molar-refractivity contribution < 1.29 is 9.90 Å². The Labute approximate surface area is 119 Å². The van der Waals surface area contributed by atoms with Crippen LogP contribution in [0.1, 0.15) is 30.5 Å². The van der Waals surface area contributed by atoms with Gasteiger partial charge in [-0.25, -0.2) is 4.79 Å². The summed E-state index contributed by atoms with van der Waals surface area (Å²) < 4.78 is 0. The number of carbonyl (C=O) groups is 1. The minimum Gasteiger partial charge on any atom is -0.389 e. The molecular formula is C14H24N2O2S. The van der Waals surface area contributed by atoms with Crippen molar-refractivity contribution in [3.05, 3.63) is 21.9 Å². The summed E-state index contributed by atoms with van der Waals surface area (Å²) in [5, 5.41) is 12.6. The Morgan fingerprint density at radius 1 is 1.53 bits per heavy atom. The van der Waals surface area contributed by atoms with Gasteiger partial charge >= 0.3 is 6.03 Å². The molecule has 1 aromatic heterocycles. The fourth-order valence-corrected chi connectivity index (χ4v) is 2.94. The molecule has 0 bridgehead atoms. The molecule has 1 aromatic rings. The quantitative estimate of drug-likeness (QED) is 0.872. The molecule has 0 aliphatic heterocycles. The van der Waals surface area contributed by atoms with Crippen LogP contribution in [0.25, 0.3) is 0 Å². The van der Waals surface area contributed by atoms with E-state index < -0.39 is 5.60 Å². The average Bonchev–Trinajstić information content (AvgIpc) is 2.60. The highest BCUT2D eigenvalue weighted by Gasteiger charge is 2.20. The maximum atomic E-state index is 11.9. The zero-order valence-corrected chi connectivity index (χ0v) is 13.2. The van der Waals surface area contributed by atoms with Crippen LogP contribution in [0.4, 0.5) is 4.79 Å². The summed E-state index contributed by atoms with van der Waals surface area (Å²) >= 11 is 1.76. The zero-order valence-electron chi connectivity index (χ0n) is 12.4. The minimum atomic E-state index is -0.875. The third kappa shape index (κ3) is 6.07. The number of nitrogens with zero attached hydrogens (tertiary/aromatic N) is 1. The monoisotopic (exact) mass is 284 g/mol. The molecule has 1 heterocycles. The van der Waals surface area contributed by atoms with E-state index in [1.165, 1.54) is 14.7 Å². The standard InChI is InChI=1S/C14H24N2O2S/c1-10(8-12-7-6-11(2)19-12)15-13(17)16(5)9-14(3,4)18/h6-7,10,18H,8-9H2,1-5H3,(H,15,17). The molecule has 1 atom stereocenters. The largest absolute Gasteiger partial charge is 0.389 e. The topological polar surface area (TPSA) is 52.6 Å². The van der Waals surface area contributed by atoms with Gasteiger partial charge in [0.05, 0.1) is 12.1 Å². The Bertz CT molecular complexity index is 423. The highest BCUT2D eigenvalue weighted by atomic mass is 32.1. The molecule has 4 nitrogen and oxygen atoms in total. The van der Waals surface area contributed by atoms with E-state index in [4.69, 9.17) is 0 Å². The van der Waals surface area contributed by atoms with Gasteiger partial charge in [-0.3, -0.25) is 0 Å². The normalized spacial score (nSPS) is 13.2. The number of rotatable bonds is 5. The number of carbonyl (C=O) groups excluding carboxylic acids is 1. The molecule has 108 valence electrons. The van der Waals surface area contributed by atoms with Crippen molar-refractivity contribution in [2.24, 2.45) is 0 Å². The molecule has 0 aromatic carbocycles. The number of hydrogen-bond donors (Lipinski definition) is 2. The molecular weight excluding hydrogens is 260 g/mol. The third-order valence-corrected chi connectivity index (χ3v) is 3.67. The second kappa shape index (κ2) is 6.39. The van der Waals surface area contributed by atoms with Crippen molar-refractivity contribution in [3.8, 4) is 0 Å². The Balaban J connectivity index is 2.43. The summed E-state index contributed by atoms with van der Waals surface area (Å²) in [6, 6.07) is 4.12. The fraction of sp³-hybridized carbons (Fsp3) is 0.643. The molecule has 0 aliphatic carbocycles. The molecule has 1 rings (SSSR count). The van der Waals surface area contributed by atoms with Crippen molar-refractivity contribution in [2.45, 2.75) is 45.8 Å². The summed E-state index contributed by atoms with van der Waals surface area (Å²) in [4.78, 5) is 16.0. The van der Waals surface area contributed by atoms with Crippen LogP contribution in [0.15, 0.2) is 12.1 Å². The first kappa shape index (κ1) is 16.0. The molecule has 19 heavy (non-hydrogen) atoms. The Morgan fingerprint density at radius 2 is 2.16 bits per heavy atom. The molecule has 0 spiro atoms. The van der Waals surface area contributed by atoms with Gasteiger partial charge in [0, 0.05) is 29.3 Å². The van der Waals surface area contributed by atoms with E-state index in [0.29, 0.717) is 6.54 Å². The van der Waals surface area contributed by atoms with E-state index in [1.807, 2.05) is 6.92 Å². The van der Waals surface area contributed by atoms with Crippen LogP contribution in [0, 0.1) is 6.92 Å². The van der Waals surface area contributed by atoms with E-state index in [1.54, 1.807) is 32.2 Å². The number of aryl methyl sites for hydroxylation is 1. The zero-order chi connectivity index (χ0) is 14.6. The van der Waals surface area contributed by atoms with Crippen LogP contribution >= 0.6 is 11.3 Å². The lowest BCUT2D eigenvalue weighted by Crippen LogP contribution is -2.47. The van der Waals surface area contributed by atoms with E-state index in [2.05, 4.69) is 24.4 Å². The number of amides is 2. The van der Waals surface area contributed by atoms with Gasteiger partial charge in [0.25, 0.3) is 0 Å². The smallest absolute Gasteiger partial charge is 0.317 e. The van der Waals surface area contributed by atoms with Crippen molar-refractivity contribution >= 4 is 17.4 Å². The lowest BCUT2D eigenvalue weighted by Gasteiger charge is -2.27. The molecule has 0 aliphatic rings. The summed E-state index contributed by atoms with van der Waals surface area (Å²) in [6.07, 6.45) is 0.834. The van der Waals surface area contributed by atoms with Crippen molar-refractivity contribution in [1.82, 2.24) is 10.2 Å². The Hall–Kier alpha value is -1.07. The minimum absolute atomic E-state index is 0.0785. The summed E-state index contributed by atoms with van der Waals surface area (Å²) in [5.41, 5.74) is -0.875. The first-order chi connectivity index (χ1) is 8.67. The number of thiophene rings is 1. The highest BCUT2D eigenvalue weighted by molar-refractivity contribution is 7.11. The summed E-state index contributed by atoms with van der Waals surface area (Å²) in [5.74, 6) is 0. The number of likely N-dealkylation sites (N-methyl/N-ethyl adjacent to an activating group) is 1. The van der Waals surface area contributed by atoms with Crippen molar-refractivity contribution in [2.75, 3.05) is 13.6 Å². The van der Waals surface area contributed by atoms with Crippen molar-refractivity contribution in [3.63, 3.8) is 0 Å². The highest BCUT2D eigenvalue weighted by Crippen LogP contribution is 2.16. The summed E-state index contributed by atoms with van der Waals surface area (Å²) in [6.45, 7) is 7.76. The van der Waals surface area contributed by atoms with Gasteiger partial charge in [0.1, 0.15) is 0 Å². The number of nitrogens with one attached hydrogen (secondary N) is 1. The van der Waals surface area contributed by atoms with Crippen LogP contribution < -0.4 is 5.32 Å².